The van der Waals surface area contributed by atoms with Crippen LogP contribution in [0.3, 0.4) is 0 Å². The van der Waals surface area contributed by atoms with Crippen molar-refractivity contribution < 1.29 is 19.1 Å². The van der Waals surface area contributed by atoms with E-state index >= 15 is 0 Å². The fourth-order valence-electron chi connectivity index (χ4n) is 4.09. The van der Waals surface area contributed by atoms with Crippen molar-refractivity contribution in [2.24, 2.45) is 0 Å². The van der Waals surface area contributed by atoms with E-state index in [1.54, 1.807) is 25.1 Å². The van der Waals surface area contributed by atoms with Gasteiger partial charge in [-0.05, 0) is 43.0 Å². The van der Waals surface area contributed by atoms with Crippen molar-refractivity contribution in [2.75, 3.05) is 29.9 Å². The van der Waals surface area contributed by atoms with E-state index in [-0.39, 0.29) is 24.1 Å². The number of ketones is 1. The lowest BCUT2D eigenvalue weighted by atomic mass is 10.0. The van der Waals surface area contributed by atoms with E-state index in [9.17, 15) is 14.4 Å². The van der Waals surface area contributed by atoms with Gasteiger partial charge in [-0.2, -0.15) is 0 Å². The molecule has 3 aromatic carbocycles. The van der Waals surface area contributed by atoms with Crippen LogP contribution in [0.4, 0.5) is 11.4 Å². The van der Waals surface area contributed by atoms with Crippen LogP contribution in [-0.2, 0) is 9.59 Å². The van der Waals surface area contributed by atoms with Crippen molar-refractivity contribution in [1.82, 2.24) is 5.32 Å². The highest BCUT2D eigenvalue weighted by Gasteiger charge is 2.33. The van der Waals surface area contributed by atoms with Gasteiger partial charge in [0.1, 0.15) is 12.3 Å². The zero-order chi connectivity index (χ0) is 24.1. The summed E-state index contributed by atoms with van der Waals surface area (Å²) in [7, 11) is 0. The maximum absolute atomic E-state index is 12.8. The summed E-state index contributed by atoms with van der Waals surface area (Å²) in [6.07, 6.45) is 0.459. The minimum absolute atomic E-state index is 0.000262. The summed E-state index contributed by atoms with van der Waals surface area (Å²) in [4.78, 5) is 39.2. The number of carbonyl (C=O) groups is 3. The number of anilines is 2. The number of hydrogen-bond acceptors (Lipinski definition) is 5. The van der Waals surface area contributed by atoms with E-state index in [2.05, 4.69) is 28.8 Å². The van der Waals surface area contributed by atoms with E-state index in [1.165, 1.54) is 4.90 Å². The fourth-order valence-corrected chi connectivity index (χ4v) is 4.09. The van der Waals surface area contributed by atoms with E-state index in [0.29, 0.717) is 36.5 Å². The molecular formula is C27H29N3O4. The average molecular weight is 460 g/mol. The highest BCUT2D eigenvalue weighted by Crippen LogP contribution is 2.35. The fraction of sp³-hybridized carbons (Fsp3) is 0.296. The smallest absolute Gasteiger partial charge is 0.268 e. The summed E-state index contributed by atoms with van der Waals surface area (Å²) >= 11 is 0. The van der Waals surface area contributed by atoms with Crippen LogP contribution in [0.1, 0.15) is 37.0 Å². The Labute approximate surface area is 199 Å². The van der Waals surface area contributed by atoms with Crippen molar-refractivity contribution in [3.05, 3.63) is 66.2 Å². The van der Waals surface area contributed by atoms with E-state index < -0.39 is 6.10 Å². The maximum Gasteiger partial charge on any atom is 0.268 e. The molecular weight excluding hydrogens is 430 g/mol. The first-order chi connectivity index (χ1) is 16.5. The summed E-state index contributed by atoms with van der Waals surface area (Å²) in [6, 6.07) is 19.2. The van der Waals surface area contributed by atoms with Crippen LogP contribution in [0, 0.1) is 0 Å². The number of hydrogen-bond donors (Lipinski definition) is 2. The van der Waals surface area contributed by atoms with E-state index in [1.807, 2.05) is 31.2 Å². The lowest BCUT2D eigenvalue weighted by Crippen LogP contribution is -2.49. The van der Waals surface area contributed by atoms with Crippen LogP contribution in [0.15, 0.2) is 60.7 Å². The number of fused-ring (bicyclic) bond motifs is 2. The molecule has 3 aromatic rings. The molecule has 2 amide bonds. The van der Waals surface area contributed by atoms with Crippen LogP contribution in [-0.4, -0.2) is 43.3 Å². The first-order valence-corrected chi connectivity index (χ1v) is 11.6. The molecule has 1 atom stereocenters. The summed E-state index contributed by atoms with van der Waals surface area (Å²) in [5.74, 6) is -0.0964. The Bertz CT molecular complexity index is 1220. The van der Waals surface area contributed by atoms with Gasteiger partial charge in [0, 0.05) is 36.1 Å². The third kappa shape index (κ3) is 5.03. The number of nitrogens with zero attached hydrogens (tertiary/aromatic N) is 1. The van der Waals surface area contributed by atoms with E-state index in [4.69, 9.17) is 4.74 Å². The topological polar surface area (TPSA) is 87.7 Å². The summed E-state index contributed by atoms with van der Waals surface area (Å²) in [6.45, 7) is 4.40. The normalized spacial score (nSPS) is 14.9. The van der Waals surface area contributed by atoms with Gasteiger partial charge in [-0.1, -0.05) is 43.3 Å². The zero-order valence-corrected chi connectivity index (χ0v) is 19.5. The molecule has 0 saturated heterocycles. The van der Waals surface area contributed by atoms with E-state index in [0.717, 1.165) is 22.9 Å². The minimum atomic E-state index is -0.703. The number of Topliss-reactive ketones (excluding diaryl/α,β-unsaturated/α-hetero) is 1. The molecule has 34 heavy (non-hydrogen) atoms. The van der Waals surface area contributed by atoms with Gasteiger partial charge in [0.2, 0.25) is 5.91 Å². The number of ether oxygens (including phenoxy) is 1. The summed E-state index contributed by atoms with van der Waals surface area (Å²) in [5.41, 5.74) is 1.97. The number of benzene rings is 3. The lowest BCUT2D eigenvalue weighted by molar-refractivity contribution is -0.128. The maximum atomic E-state index is 12.8. The number of nitrogens with one attached hydrogen (secondary N) is 2. The Kier molecular flexibility index (Phi) is 7.11. The highest BCUT2D eigenvalue weighted by atomic mass is 16.5. The third-order valence-electron chi connectivity index (χ3n) is 5.82. The Balaban J connectivity index is 1.39. The first kappa shape index (κ1) is 23.3. The lowest BCUT2D eigenvalue weighted by Gasteiger charge is -2.32. The van der Waals surface area contributed by atoms with Gasteiger partial charge in [0.25, 0.3) is 5.91 Å². The van der Waals surface area contributed by atoms with Crippen LogP contribution in [0.25, 0.3) is 10.8 Å². The van der Waals surface area contributed by atoms with Gasteiger partial charge < -0.3 is 15.4 Å². The summed E-state index contributed by atoms with van der Waals surface area (Å²) < 4.78 is 5.69. The van der Waals surface area contributed by atoms with Gasteiger partial charge in [-0.25, -0.2) is 0 Å². The second-order valence-corrected chi connectivity index (χ2v) is 8.34. The van der Waals surface area contributed by atoms with Crippen LogP contribution < -0.4 is 20.3 Å². The molecule has 0 radical (unpaired) electrons. The monoisotopic (exact) mass is 459 g/mol. The molecule has 1 aliphatic rings. The molecule has 0 fully saturated rings. The molecule has 2 N–H and O–H groups in total. The molecule has 0 saturated carbocycles. The van der Waals surface area contributed by atoms with Crippen molar-refractivity contribution in [1.29, 1.82) is 0 Å². The molecule has 7 nitrogen and oxygen atoms in total. The second-order valence-electron chi connectivity index (χ2n) is 8.34. The Morgan fingerprint density at radius 3 is 2.65 bits per heavy atom. The Hall–Kier alpha value is -3.87. The van der Waals surface area contributed by atoms with Crippen LogP contribution in [0.2, 0.25) is 0 Å². The van der Waals surface area contributed by atoms with Gasteiger partial charge in [0.05, 0.1) is 5.69 Å². The molecule has 1 unspecified atom stereocenters. The molecule has 176 valence electrons. The molecule has 4 rings (SSSR count). The standard InChI is InChI=1S/C27H29N3O4/c1-3-7-24(31)20-12-13-25-23(16-20)30(27(33)18(2)34-25)17-26(32)29-15-14-28-22-11-6-9-19-8-4-5-10-21(19)22/h4-6,8-13,16,18,28H,3,7,14-15,17H2,1-2H3,(H,29,32). The molecule has 1 heterocycles. The van der Waals surface area contributed by atoms with Gasteiger partial charge >= 0.3 is 0 Å². The first-order valence-electron chi connectivity index (χ1n) is 11.6. The molecule has 0 aliphatic carbocycles. The predicted molar refractivity (Wildman–Crippen MR) is 134 cm³/mol. The second kappa shape index (κ2) is 10.4. The highest BCUT2D eigenvalue weighted by molar-refractivity contribution is 6.05. The van der Waals surface area contributed by atoms with Crippen molar-refractivity contribution in [3.63, 3.8) is 0 Å². The molecule has 7 heteroatoms. The number of rotatable bonds is 9. The largest absolute Gasteiger partial charge is 0.479 e. The van der Waals surface area contributed by atoms with Gasteiger partial charge in [-0.15, -0.1) is 0 Å². The van der Waals surface area contributed by atoms with Crippen LogP contribution in [0.5, 0.6) is 5.75 Å². The third-order valence-corrected chi connectivity index (χ3v) is 5.82. The SMILES string of the molecule is CCCC(=O)c1ccc2c(c1)N(CC(=O)NCCNc1cccc3ccccc13)C(=O)C(C)O2. The number of carbonyl (C=O) groups excluding carboxylic acids is 3. The van der Waals surface area contributed by atoms with Gasteiger partial charge in [-0.3, -0.25) is 19.3 Å². The predicted octanol–water partition coefficient (Wildman–Crippen LogP) is 4.16. The molecule has 0 spiro atoms. The van der Waals surface area contributed by atoms with Crippen molar-refractivity contribution >= 4 is 39.7 Å². The van der Waals surface area contributed by atoms with Gasteiger partial charge in [0.15, 0.2) is 11.9 Å². The molecule has 0 bridgehead atoms. The van der Waals surface area contributed by atoms with Crippen molar-refractivity contribution in [2.45, 2.75) is 32.8 Å². The summed E-state index contributed by atoms with van der Waals surface area (Å²) in [5, 5.41) is 8.49. The zero-order valence-electron chi connectivity index (χ0n) is 19.5. The number of amides is 2. The quantitative estimate of drug-likeness (QED) is 0.371. The Morgan fingerprint density at radius 2 is 1.82 bits per heavy atom. The average Bonchev–Trinajstić information content (AvgIpc) is 2.84. The minimum Gasteiger partial charge on any atom is -0.479 e. The molecule has 0 aromatic heterocycles. The Morgan fingerprint density at radius 1 is 1.03 bits per heavy atom. The van der Waals surface area contributed by atoms with Crippen LogP contribution >= 0.6 is 0 Å². The van der Waals surface area contributed by atoms with Crippen molar-refractivity contribution in [3.8, 4) is 5.75 Å². The molecule has 1 aliphatic heterocycles.